The fourth-order valence-corrected chi connectivity index (χ4v) is 3.86. The van der Waals surface area contributed by atoms with Crippen molar-refractivity contribution >= 4 is 39.8 Å². The maximum Gasteiger partial charge on any atom is 0.254 e. The van der Waals surface area contributed by atoms with E-state index >= 15 is 0 Å². The molecule has 1 spiro atoms. The van der Waals surface area contributed by atoms with E-state index in [0.717, 1.165) is 28.9 Å². The first kappa shape index (κ1) is 17.8. The Hall–Kier alpha value is -2.61. The van der Waals surface area contributed by atoms with Gasteiger partial charge in [-0.15, -0.1) is 0 Å². The molecule has 6 nitrogen and oxygen atoms in total. The summed E-state index contributed by atoms with van der Waals surface area (Å²) in [6.07, 6.45) is 3.57. The minimum Gasteiger partial charge on any atom is -0.328 e. The highest BCUT2D eigenvalue weighted by Crippen LogP contribution is 2.52. The summed E-state index contributed by atoms with van der Waals surface area (Å²) in [7, 11) is 0. The van der Waals surface area contributed by atoms with Crippen molar-refractivity contribution in [3.63, 3.8) is 0 Å². The standard InChI is InChI=1S/C19H15BrFN3O3/c20-12-1-2-13-14(6-12)19(3-4-19)10-24(18(13)27)8-16(26)23-17-15(21)5-11(9-25)7-22-17/h1-2,5-7,9H,3-4,8,10H2,(H,22,23,26). The number of hydrogen-bond acceptors (Lipinski definition) is 4. The number of anilines is 1. The van der Waals surface area contributed by atoms with Gasteiger partial charge in [0.25, 0.3) is 5.91 Å². The van der Waals surface area contributed by atoms with Crippen LogP contribution in [0.1, 0.15) is 39.1 Å². The molecule has 1 aromatic carbocycles. The van der Waals surface area contributed by atoms with Gasteiger partial charge >= 0.3 is 0 Å². The molecule has 1 saturated carbocycles. The van der Waals surface area contributed by atoms with Crippen LogP contribution in [0.15, 0.2) is 34.9 Å². The minimum absolute atomic E-state index is 0.0788. The molecule has 8 heteroatoms. The highest BCUT2D eigenvalue weighted by atomic mass is 79.9. The number of aldehydes is 1. The van der Waals surface area contributed by atoms with Crippen molar-refractivity contribution in [3.05, 3.63) is 57.4 Å². The predicted octanol–water partition coefficient (Wildman–Crippen LogP) is 2.92. The van der Waals surface area contributed by atoms with Gasteiger partial charge in [-0.3, -0.25) is 14.4 Å². The lowest BCUT2D eigenvalue weighted by molar-refractivity contribution is -0.117. The second-order valence-electron chi connectivity index (χ2n) is 6.90. The lowest BCUT2D eigenvalue weighted by Crippen LogP contribution is -2.46. The third kappa shape index (κ3) is 3.25. The Balaban J connectivity index is 1.52. The fraction of sp³-hybridized carbons (Fsp3) is 0.263. The van der Waals surface area contributed by atoms with Crippen LogP contribution >= 0.6 is 15.9 Å². The van der Waals surface area contributed by atoms with E-state index in [0.29, 0.717) is 18.4 Å². The summed E-state index contributed by atoms with van der Waals surface area (Å²) in [4.78, 5) is 41.0. The summed E-state index contributed by atoms with van der Waals surface area (Å²) in [5.41, 5.74) is 1.61. The number of rotatable bonds is 4. The Labute approximate surface area is 162 Å². The van der Waals surface area contributed by atoms with Crippen LogP contribution in [0.25, 0.3) is 0 Å². The van der Waals surface area contributed by atoms with E-state index in [1.807, 2.05) is 12.1 Å². The van der Waals surface area contributed by atoms with Gasteiger partial charge in [0.2, 0.25) is 5.91 Å². The zero-order chi connectivity index (χ0) is 19.2. The molecule has 1 aromatic heterocycles. The van der Waals surface area contributed by atoms with E-state index in [1.165, 1.54) is 11.1 Å². The summed E-state index contributed by atoms with van der Waals surface area (Å²) in [6, 6.07) is 6.55. The van der Waals surface area contributed by atoms with Gasteiger partial charge in [0.05, 0.1) is 0 Å². The Kier molecular flexibility index (Phi) is 4.30. The molecule has 1 fully saturated rings. The molecule has 1 aliphatic heterocycles. The minimum atomic E-state index is -0.799. The molecule has 0 unspecified atom stereocenters. The number of nitrogens with one attached hydrogen (secondary N) is 1. The molecule has 27 heavy (non-hydrogen) atoms. The predicted molar refractivity (Wildman–Crippen MR) is 99.2 cm³/mol. The fourth-order valence-electron chi connectivity index (χ4n) is 3.49. The maximum absolute atomic E-state index is 13.9. The SMILES string of the molecule is O=Cc1cnc(NC(=O)CN2CC3(CC3)c3cc(Br)ccc3C2=O)c(F)c1. The number of aromatic nitrogens is 1. The number of amides is 2. The van der Waals surface area contributed by atoms with Crippen molar-refractivity contribution in [3.8, 4) is 0 Å². The van der Waals surface area contributed by atoms with Gasteiger partial charge in [-0.1, -0.05) is 15.9 Å². The van der Waals surface area contributed by atoms with E-state index < -0.39 is 11.7 Å². The van der Waals surface area contributed by atoms with Gasteiger partial charge in [-0.2, -0.15) is 0 Å². The molecule has 2 amide bonds. The Morgan fingerprint density at radius 2 is 2.15 bits per heavy atom. The van der Waals surface area contributed by atoms with Crippen LogP contribution < -0.4 is 5.32 Å². The Morgan fingerprint density at radius 1 is 1.37 bits per heavy atom. The third-order valence-corrected chi connectivity index (χ3v) is 5.50. The van der Waals surface area contributed by atoms with E-state index in [2.05, 4.69) is 26.2 Å². The third-order valence-electron chi connectivity index (χ3n) is 5.01. The van der Waals surface area contributed by atoms with Crippen LogP contribution in [0.5, 0.6) is 0 Å². The number of carbonyl (C=O) groups is 3. The van der Waals surface area contributed by atoms with E-state index in [1.54, 1.807) is 6.07 Å². The molecule has 0 bridgehead atoms. The first-order chi connectivity index (χ1) is 12.9. The average molecular weight is 432 g/mol. The highest BCUT2D eigenvalue weighted by molar-refractivity contribution is 9.10. The smallest absolute Gasteiger partial charge is 0.254 e. The number of pyridine rings is 1. The maximum atomic E-state index is 13.9. The summed E-state index contributed by atoms with van der Waals surface area (Å²) in [6.45, 7) is 0.273. The van der Waals surface area contributed by atoms with Crippen molar-refractivity contribution in [1.82, 2.24) is 9.88 Å². The largest absolute Gasteiger partial charge is 0.328 e. The summed E-state index contributed by atoms with van der Waals surface area (Å²) >= 11 is 3.45. The Bertz CT molecular complexity index is 975. The number of carbonyl (C=O) groups excluding carboxylic acids is 3. The van der Waals surface area contributed by atoms with Crippen molar-refractivity contribution in [2.75, 3.05) is 18.4 Å². The van der Waals surface area contributed by atoms with Crippen LogP contribution in [0, 0.1) is 5.82 Å². The average Bonchev–Trinajstić information content (AvgIpc) is 3.41. The highest BCUT2D eigenvalue weighted by Gasteiger charge is 2.51. The first-order valence-electron chi connectivity index (χ1n) is 8.42. The van der Waals surface area contributed by atoms with Crippen LogP contribution in [0.3, 0.4) is 0 Å². The van der Waals surface area contributed by atoms with Crippen LogP contribution in [0.4, 0.5) is 10.2 Å². The van der Waals surface area contributed by atoms with Crippen LogP contribution in [-0.2, 0) is 10.2 Å². The molecular weight excluding hydrogens is 417 g/mol. The summed E-state index contributed by atoms with van der Waals surface area (Å²) < 4.78 is 14.8. The monoisotopic (exact) mass is 431 g/mol. The normalized spacial score (nSPS) is 16.8. The van der Waals surface area contributed by atoms with Crippen molar-refractivity contribution in [1.29, 1.82) is 0 Å². The lowest BCUT2D eigenvalue weighted by Gasteiger charge is -2.34. The molecular formula is C19H15BrFN3O3. The van der Waals surface area contributed by atoms with Gasteiger partial charge in [0.1, 0.15) is 6.54 Å². The number of benzene rings is 1. The van der Waals surface area contributed by atoms with Gasteiger partial charge < -0.3 is 10.2 Å². The molecule has 0 atom stereocenters. The van der Waals surface area contributed by atoms with Crippen LogP contribution in [-0.4, -0.2) is 41.1 Å². The van der Waals surface area contributed by atoms with Gasteiger partial charge in [0, 0.05) is 33.8 Å². The molecule has 0 saturated heterocycles. The Morgan fingerprint density at radius 3 is 2.81 bits per heavy atom. The van der Waals surface area contributed by atoms with Crippen molar-refractivity contribution in [2.24, 2.45) is 0 Å². The topological polar surface area (TPSA) is 79.4 Å². The van der Waals surface area contributed by atoms with Crippen molar-refractivity contribution < 1.29 is 18.8 Å². The van der Waals surface area contributed by atoms with Gasteiger partial charge in [-0.25, -0.2) is 9.37 Å². The summed E-state index contributed by atoms with van der Waals surface area (Å²) in [5, 5.41) is 2.37. The lowest BCUT2D eigenvalue weighted by atomic mass is 9.86. The van der Waals surface area contributed by atoms with E-state index in [-0.39, 0.29) is 29.2 Å². The van der Waals surface area contributed by atoms with Crippen molar-refractivity contribution in [2.45, 2.75) is 18.3 Å². The van der Waals surface area contributed by atoms with Gasteiger partial charge in [-0.05, 0) is 42.7 Å². The zero-order valence-corrected chi connectivity index (χ0v) is 15.8. The number of nitrogens with zero attached hydrogens (tertiary/aromatic N) is 2. The number of halogens is 2. The molecule has 4 rings (SSSR count). The molecule has 0 radical (unpaired) electrons. The zero-order valence-electron chi connectivity index (χ0n) is 14.2. The molecule has 2 heterocycles. The molecule has 2 aliphatic rings. The molecule has 2 aromatic rings. The van der Waals surface area contributed by atoms with E-state index in [4.69, 9.17) is 0 Å². The number of fused-ring (bicyclic) bond motifs is 2. The molecule has 1 aliphatic carbocycles. The number of hydrogen-bond donors (Lipinski definition) is 1. The van der Waals surface area contributed by atoms with E-state index in [9.17, 15) is 18.8 Å². The molecule has 138 valence electrons. The first-order valence-corrected chi connectivity index (χ1v) is 9.21. The second-order valence-corrected chi connectivity index (χ2v) is 7.81. The second kappa shape index (κ2) is 6.53. The summed E-state index contributed by atoms with van der Waals surface area (Å²) in [5.74, 6) is -1.81. The van der Waals surface area contributed by atoms with Crippen LogP contribution in [0.2, 0.25) is 0 Å². The van der Waals surface area contributed by atoms with Gasteiger partial charge in [0.15, 0.2) is 17.9 Å². The molecule has 1 N–H and O–H groups in total. The quantitative estimate of drug-likeness (QED) is 0.754.